The van der Waals surface area contributed by atoms with Crippen molar-refractivity contribution in [1.29, 1.82) is 0 Å². The number of carbonyl (C=O) groups is 2. The molecule has 4 rings (SSSR count). The van der Waals surface area contributed by atoms with Crippen LogP contribution < -0.4 is 10.4 Å². The second kappa shape index (κ2) is 6.36. The van der Waals surface area contributed by atoms with Crippen molar-refractivity contribution < 1.29 is 14.7 Å². The minimum Gasteiger partial charge on any atom is -0.550 e. The van der Waals surface area contributed by atoms with Crippen LogP contribution in [-0.4, -0.2) is 16.9 Å². The van der Waals surface area contributed by atoms with Gasteiger partial charge in [0.15, 0.2) is 5.13 Å². The molecule has 1 fully saturated rings. The maximum Gasteiger partial charge on any atom is 0.230 e. The highest BCUT2D eigenvalue weighted by Gasteiger charge is 2.48. The van der Waals surface area contributed by atoms with Crippen LogP contribution in [0.1, 0.15) is 17.5 Å². The van der Waals surface area contributed by atoms with Crippen LogP contribution in [0.3, 0.4) is 0 Å². The first-order valence-corrected chi connectivity index (χ1v) is 9.55. The zero-order valence-electron chi connectivity index (χ0n) is 14.6. The Morgan fingerprint density at radius 2 is 1.92 bits per heavy atom. The molecule has 2 bridgehead atoms. The van der Waals surface area contributed by atoms with Crippen molar-refractivity contribution in [1.82, 2.24) is 4.98 Å². The van der Waals surface area contributed by atoms with Crippen LogP contribution in [0.15, 0.2) is 35.7 Å². The lowest BCUT2D eigenvalue weighted by atomic mass is 9.82. The number of rotatable bonds is 4. The maximum absolute atomic E-state index is 12.7. The number of allylic oxidation sites excluding steroid dienone is 2. The van der Waals surface area contributed by atoms with E-state index in [0.29, 0.717) is 11.6 Å². The molecule has 1 N–H and O–H groups in total. The van der Waals surface area contributed by atoms with Crippen LogP contribution in [0.25, 0.3) is 11.3 Å². The summed E-state index contributed by atoms with van der Waals surface area (Å²) in [5.74, 6) is -2.87. The number of anilines is 1. The normalized spacial score (nSPS) is 26.2. The molecule has 26 heavy (non-hydrogen) atoms. The van der Waals surface area contributed by atoms with Crippen molar-refractivity contribution in [3.05, 3.63) is 46.9 Å². The van der Waals surface area contributed by atoms with Gasteiger partial charge in [-0.2, -0.15) is 0 Å². The number of thiazole rings is 1. The fourth-order valence-corrected chi connectivity index (χ4v) is 4.96. The molecular weight excluding hydrogens is 348 g/mol. The molecule has 4 atom stereocenters. The van der Waals surface area contributed by atoms with Crippen molar-refractivity contribution in [2.24, 2.45) is 23.7 Å². The van der Waals surface area contributed by atoms with Gasteiger partial charge in [0.05, 0.1) is 11.6 Å². The number of aromatic nitrogens is 1. The smallest absolute Gasteiger partial charge is 0.230 e. The van der Waals surface area contributed by atoms with E-state index < -0.39 is 17.8 Å². The summed E-state index contributed by atoms with van der Waals surface area (Å²) in [6.45, 7) is 4.08. The van der Waals surface area contributed by atoms with Gasteiger partial charge in [0.1, 0.15) is 0 Å². The number of hydrogen-bond acceptors (Lipinski definition) is 5. The number of hydrogen-bond donors (Lipinski definition) is 1. The number of aryl methyl sites for hydroxylation is 2. The Kier molecular flexibility index (Phi) is 4.15. The average molecular weight is 367 g/mol. The Hall–Kier alpha value is -2.47. The Morgan fingerprint density at radius 1 is 1.19 bits per heavy atom. The third kappa shape index (κ3) is 2.84. The van der Waals surface area contributed by atoms with Gasteiger partial charge in [-0.15, -0.1) is 11.3 Å². The summed E-state index contributed by atoms with van der Waals surface area (Å²) in [7, 11) is 0. The van der Waals surface area contributed by atoms with E-state index in [0.717, 1.165) is 16.8 Å². The lowest BCUT2D eigenvalue weighted by Crippen LogP contribution is -2.42. The van der Waals surface area contributed by atoms with Gasteiger partial charge in [-0.3, -0.25) is 4.79 Å². The van der Waals surface area contributed by atoms with E-state index in [1.807, 2.05) is 43.5 Å². The molecule has 0 spiro atoms. The van der Waals surface area contributed by atoms with Crippen molar-refractivity contribution in [2.75, 3.05) is 5.32 Å². The third-order valence-electron chi connectivity index (χ3n) is 5.43. The molecule has 1 saturated carbocycles. The highest BCUT2D eigenvalue weighted by molar-refractivity contribution is 7.14. The lowest BCUT2D eigenvalue weighted by molar-refractivity contribution is -0.313. The summed E-state index contributed by atoms with van der Waals surface area (Å²) < 4.78 is 0. The van der Waals surface area contributed by atoms with E-state index >= 15 is 0 Å². The van der Waals surface area contributed by atoms with Crippen LogP contribution >= 0.6 is 11.3 Å². The van der Waals surface area contributed by atoms with Gasteiger partial charge in [0, 0.05) is 22.8 Å². The summed E-state index contributed by atoms with van der Waals surface area (Å²) in [4.78, 5) is 28.7. The molecular formula is C20H19N2O3S-. The first-order chi connectivity index (χ1) is 12.4. The molecule has 5 nitrogen and oxygen atoms in total. The molecule has 2 aliphatic carbocycles. The zero-order chi connectivity index (χ0) is 18.4. The second-order valence-electron chi connectivity index (χ2n) is 7.16. The summed E-state index contributed by atoms with van der Waals surface area (Å²) in [6, 6.07) is 6.16. The maximum atomic E-state index is 12.7. The van der Waals surface area contributed by atoms with Gasteiger partial charge in [-0.1, -0.05) is 35.9 Å². The predicted molar refractivity (Wildman–Crippen MR) is 98.4 cm³/mol. The van der Waals surface area contributed by atoms with Gasteiger partial charge < -0.3 is 15.2 Å². The Labute approximate surface area is 155 Å². The van der Waals surface area contributed by atoms with Crippen molar-refractivity contribution in [3.63, 3.8) is 0 Å². The fourth-order valence-electron chi connectivity index (χ4n) is 4.25. The predicted octanol–water partition coefficient (Wildman–Crippen LogP) is 2.55. The molecule has 1 aromatic carbocycles. The first kappa shape index (κ1) is 17.0. The van der Waals surface area contributed by atoms with Crippen molar-refractivity contribution >= 4 is 28.3 Å². The van der Waals surface area contributed by atoms with E-state index in [1.165, 1.54) is 16.9 Å². The van der Waals surface area contributed by atoms with Gasteiger partial charge in [-0.05, 0) is 37.7 Å². The molecule has 1 aromatic heterocycles. The summed E-state index contributed by atoms with van der Waals surface area (Å²) in [6.07, 6.45) is 4.57. The standard InChI is InChI=1S/C20H20N2O3S/c1-10-3-6-14(11(2)7-10)15-9-26-20(21-15)22-18(23)16-12-4-5-13(8-12)17(16)19(24)25/h3-7,9,12-13,16-17H,8H2,1-2H3,(H,24,25)(H,21,22,23)/p-1/t12-,13+,16-,17+/m1/s1. The van der Waals surface area contributed by atoms with Crippen LogP contribution in [0.5, 0.6) is 0 Å². The van der Waals surface area contributed by atoms with Crippen LogP contribution in [0, 0.1) is 37.5 Å². The number of carbonyl (C=O) groups excluding carboxylic acids is 2. The topological polar surface area (TPSA) is 82.1 Å². The quantitative estimate of drug-likeness (QED) is 0.842. The highest BCUT2D eigenvalue weighted by atomic mass is 32.1. The minimum atomic E-state index is -1.14. The summed E-state index contributed by atoms with van der Waals surface area (Å²) >= 11 is 1.35. The van der Waals surface area contributed by atoms with E-state index in [-0.39, 0.29) is 17.7 Å². The van der Waals surface area contributed by atoms with E-state index in [4.69, 9.17) is 0 Å². The third-order valence-corrected chi connectivity index (χ3v) is 6.18. The lowest BCUT2D eigenvalue weighted by Gasteiger charge is -2.27. The number of aliphatic carboxylic acids is 1. The molecule has 0 saturated heterocycles. The number of carboxylic acids is 1. The number of nitrogens with one attached hydrogen (secondary N) is 1. The SMILES string of the molecule is Cc1ccc(-c2csc(NC(=O)[C@H]3[C@@H](C(=O)[O-])[C@H]4C=C[C@@H]3C4)n2)c(C)c1. The molecule has 1 amide bonds. The van der Waals surface area contributed by atoms with Gasteiger partial charge in [0.2, 0.25) is 5.91 Å². The molecule has 2 aliphatic rings. The number of carboxylic acid groups (broad SMARTS) is 1. The van der Waals surface area contributed by atoms with Gasteiger partial charge in [-0.25, -0.2) is 4.98 Å². The first-order valence-electron chi connectivity index (χ1n) is 8.67. The monoisotopic (exact) mass is 367 g/mol. The van der Waals surface area contributed by atoms with Crippen molar-refractivity contribution in [3.8, 4) is 11.3 Å². The van der Waals surface area contributed by atoms with Crippen LogP contribution in [-0.2, 0) is 9.59 Å². The van der Waals surface area contributed by atoms with E-state index in [1.54, 1.807) is 0 Å². The van der Waals surface area contributed by atoms with Crippen LogP contribution in [0.2, 0.25) is 0 Å². The number of benzene rings is 1. The Balaban J connectivity index is 1.53. The Bertz CT molecular complexity index is 918. The number of amides is 1. The molecule has 0 unspecified atom stereocenters. The molecule has 6 heteroatoms. The largest absolute Gasteiger partial charge is 0.550 e. The highest BCUT2D eigenvalue weighted by Crippen LogP contribution is 2.48. The van der Waals surface area contributed by atoms with E-state index in [9.17, 15) is 14.7 Å². The molecule has 0 radical (unpaired) electrons. The zero-order valence-corrected chi connectivity index (χ0v) is 15.4. The van der Waals surface area contributed by atoms with Gasteiger partial charge in [0.25, 0.3) is 0 Å². The van der Waals surface area contributed by atoms with Gasteiger partial charge >= 0.3 is 0 Å². The molecule has 2 aromatic rings. The summed E-state index contributed by atoms with van der Waals surface area (Å²) in [5.41, 5.74) is 4.16. The minimum absolute atomic E-state index is 0.0262. The summed E-state index contributed by atoms with van der Waals surface area (Å²) in [5, 5.41) is 16.7. The molecule has 0 aliphatic heterocycles. The second-order valence-corrected chi connectivity index (χ2v) is 8.02. The number of fused-ring (bicyclic) bond motifs is 2. The molecule has 134 valence electrons. The Morgan fingerprint density at radius 3 is 2.62 bits per heavy atom. The fraction of sp³-hybridized carbons (Fsp3) is 0.350. The van der Waals surface area contributed by atoms with Crippen LogP contribution in [0.4, 0.5) is 5.13 Å². The number of nitrogens with zero attached hydrogens (tertiary/aromatic N) is 1. The molecule has 1 heterocycles. The average Bonchev–Trinajstić information content (AvgIpc) is 3.29. The van der Waals surface area contributed by atoms with E-state index in [2.05, 4.69) is 16.4 Å². The van der Waals surface area contributed by atoms with Crippen molar-refractivity contribution in [2.45, 2.75) is 20.3 Å².